The average molecular weight is 536 g/mol. The second-order valence-corrected chi connectivity index (χ2v) is 13.3. The van der Waals surface area contributed by atoms with Crippen LogP contribution >= 0.6 is 0 Å². The number of nitrogens with zero attached hydrogens (tertiary/aromatic N) is 1. The van der Waals surface area contributed by atoms with Crippen molar-refractivity contribution in [3.8, 4) is 0 Å². The maximum Gasteiger partial charge on any atom is 0.408 e. The zero-order chi connectivity index (χ0) is 28.6. The number of rotatable bonds is 9. The summed E-state index contributed by atoms with van der Waals surface area (Å²) in [6.07, 6.45) is 4.08. The van der Waals surface area contributed by atoms with Crippen molar-refractivity contribution in [3.05, 3.63) is 0 Å². The summed E-state index contributed by atoms with van der Waals surface area (Å²) in [6.45, 7) is 13.4. The standard InChI is InChI=1S/C28H45N3O7/c1-15(2)13-18(22(32)25(35)36)29-23(33)21-19-17(28(19,6)7)14-31(21)24(34)20(16-11-9-8-10-12-16)30-26(37)38-27(3,4)5/h15-21H,8-14H2,1-7H3,(H,29,33)(H,30,37)(H,35,36)/t17?,18?,19?,20-,21-/m0/s1. The first kappa shape index (κ1) is 29.9. The molecule has 10 heteroatoms. The summed E-state index contributed by atoms with van der Waals surface area (Å²) in [5, 5.41) is 14.8. The van der Waals surface area contributed by atoms with Crippen molar-refractivity contribution < 1.29 is 33.8 Å². The normalized spacial score (nSPS) is 26.2. The van der Waals surface area contributed by atoms with Crippen molar-refractivity contribution in [1.82, 2.24) is 15.5 Å². The molecule has 0 spiro atoms. The number of likely N-dealkylation sites (tertiary alicyclic amines) is 1. The third-order valence-corrected chi connectivity index (χ3v) is 8.37. The molecule has 3 aliphatic rings. The van der Waals surface area contributed by atoms with Crippen LogP contribution in [0.2, 0.25) is 0 Å². The molecule has 3 fully saturated rings. The number of carboxylic acids is 1. The number of alkyl carbamates (subject to hydrolysis) is 1. The van der Waals surface area contributed by atoms with Gasteiger partial charge in [-0.15, -0.1) is 0 Å². The molecule has 1 heterocycles. The Kier molecular flexibility index (Phi) is 8.83. The minimum atomic E-state index is -1.60. The Morgan fingerprint density at radius 2 is 1.63 bits per heavy atom. The van der Waals surface area contributed by atoms with Crippen LogP contribution in [-0.2, 0) is 23.9 Å². The third-order valence-electron chi connectivity index (χ3n) is 8.37. The van der Waals surface area contributed by atoms with E-state index in [2.05, 4.69) is 24.5 Å². The first-order valence-corrected chi connectivity index (χ1v) is 13.9. The molecule has 0 aromatic heterocycles. The van der Waals surface area contributed by atoms with Gasteiger partial charge in [-0.1, -0.05) is 47.0 Å². The van der Waals surface area contributed by atoms with Crippen molar-refractivity contribution >= 4 is 29.7 Å². The largest absolute Gasteiger partial charge is 0.475 e. The van der Waals surface area contributed by atoms with Gasteiger partial charge in [0.2, 0.25) is 11.8 Å². The lowest BCUT2D eigenvalue weighted by molar-refractivity contribution is -0.151. The van der Waals surface area contributed by atoms with Gasteiger partial charge in [0.05, 0.1) is 6.04 Å². The first-order valence-electron chi connectivity index (χ1n) is 13.9. The molecule has 2 saturated carbocycles. The van der Waals surface area contributed by atoms with Gasteiger partial charge >= 0.3 is 12.1 Å². The van der Waals surface area contributed by atoms with Gasteiger partial charge in [0.15, 0.2) is 0 Å². The van der Waals surface area contributed by atoms with Gasteiger partial charge in [0.25, 0.3) is 5.78 Å². The Bertz CT molecular complexity index is 949. The fraction of sp³-hybridized carbons (Fsp3) is 0.821. The zero-order valence-electron chi connectivity index (χ0n) is 23.8. The molecule has 2 aliphatic carbocycles. The molecule has 5 atom stereocenters. The maximum atomic E-state index is 14.1. The van der Waals surface area contributed by atoms with Crippen molar-refractivity contribution in [2.24, 2.45) is 29.1 Å². The molecular weight excluding hydrogens is 490 g/mol. The molecular formula is C28H45N3O7. The minimum Gasteiger partial charge on any atom is -0.475 e. The SMILES string of the molecule is CC(C)CC(NC(=O)[C@@H]1C2C(CN1C(=O)[C@@H](NC(=O)OC(C)(C)C)C1CCCCC1)C2(C)C)C(=O)C(=O)O. The molecule has 0 bridgehead atoms. The van der Waals surface area contributed by atoms with E-state index in [1.165, 1.54) is 0 Å². The number of carboxylic acid groups (broad SMARTS) is 1. The summed E-state index contributed by atoms with van der Waals surface area (Å²) in [5.74, 6) is -3.61. The molecule has 1 aliphatic heterocycles. The van der Waals surface area contributed by atoms with Gasteiger partial charge in [-0.3, -0.25) is 14.4 Å². The molecule has 1 saturated heterocycles. The minimum absolute atomic E-state index is 0.0243. The molecule has 3 amide bonds. The summed E-state index contributed by atoms with van der Waals surface area (Å²) < 4.78 is 5.45. The molecule has 10 nitrogen and oxygen atoms in total. The molecule has 0 aromatic rings. The first-order chi connectivity index (χ1) is 17.5. The smallest absolute Gasteiger partial charge is 0.408 e. The van der Waals surface area contributed by atoms with Crippen LogP contribution in [0.4, 0.5) is 4.79 Å². The van der Waals surface area contributed by atoms with E-state index in [4.69, 9.17) is 4.74 Å². The predicted octanol–water partition coefficient (Wildman–Crippen LogP) is 3.13. The number of fused-ring (bicyclic) bond motifs is 1. The number of ketones is 1. The molecule has 38 heavy (non-hydrogen) atoms. The number of carbonyl (C=O) groups excluding carboxylic acids is 4. The lowest BCUT2D eigenvalue weighted by Gasteiger charge is -2.37. The summed E-state index contributed by atoms with van der Waals surface area (Å²) in [6, 6.07) is -2.84. The van der Waals surface area contributed by atoms with Gasteiger partial charge in [-0.2, -0.15) is 0 Å². The Morgan fingerprint density at radius 3 is 2.16 bits per heavy atom. The van der Waals surface area contributed by atoms with E-state index in [1.807, 2.05) is 13.8 Å². The zero-order valence-corrected chi connectivity index (χ0v) is 23.8. The van der Waals surface area contributed by atoms with Crippen LogP contribution in [0.25, 0.3) is 0 Å². The van der Waals surface area contributed by atoms with Crippen LogP contribution in [0.1, 0.15) is 87.0 Å². The number of amides is 3. The Balaban J connectivity index is 1.86. The van der Waals surface area contributed by atoms with E-state index in [0.29, 0.717) is 6.54 Å². The average Bonchev–Trinajstić information content (AvgIpc) is 3.14. The van der Waals surface area contributed by atoms with E-state index < -0.39 is 47.5 Å². The third kappa shape index (κ3) is 6.67. The Labute approximate surface area is 225 Å². The molecule has 3 unspecified atom stereocenters. The highest BCUT2D eigenvalue weighted by atomic mass is 16.6. The summed E-state index contributed by atoms with van der Waals surface area (Å²) in [4.78, 5) is 65.8. The van der Waals surface area contributed by atoms with Crippen LogP contribution < -0.4 is 10.6 Å². The Hall–Kier alpha value is -2.65. The van der Waals surface area contributed by atoms with E-state index in [1.54, 1.807) is 25.7 Å². The topological polar surface area (TPSA) is 142 Å². The van der Waals surface area contributed by atoms with Gasteiger partial charge < -0.3 is 25.4 Å². The number of carbonyl (C=O) groups is 5. The predicted molar refractivity (Wildman–Crippen MR) is 140 cm³/mol. The second-order valence-electron chi connectivity index (χ2n) is 13.3. The van der Waals surface area contributed by atoms with Gasteiger partial charge in [-0.25, -0.2) is 9.59 Å². The number of ether oxygens (including phenoxy) is 1. The lowest BCUT2D eigenvalue weighted by Crippen LogP contribution is -2.59. The van der Waals surface area contributed by atoms with E-state index in [9.17, 15) is 29.1 Å². The van der Waals surface area contributed by atoms with Crippen molar-refractivity contribution in [1.29, 1.82) is 0 Å². The van der Waals surface area contributed by atoms with E-state index >= 15 is 0 Å². The fourth-order valence-corrected chi connectivity index (χ4v) is 6.38. The fourth-order valence-electron chi connectivity index (χ4n) is 6.38. The van der Waals surface area contributed by atoms with Gasteiger partial charge in [-0.05, 0) is 69.1 Å². The van der Waals surface area contributed by atoms with Gasteiger partial charge in [0.1, 0.15) is 17.7 Å². The number of nitrogens with one attached hydrogen (secondary N) is 2. The van der Waals surface area contributed by atoms with Crippen molar-refractivity contribution in [3.63, 3.8) is 0 Å². The molecule has 0 aromatic carbocycles. The van der Waals surface area contributed by atoms with Crippen LogP contribution in [0.15, 0.2) is 0 Å². The number of hydrogen-bond acceptors (Lipinski definition) is 6. The Morgan fingerprint density at radius 1 is 1.03 bits per heavy atom. The highest BCUT2D eigenvalue weighted by Gasteiger charge is 2.69. The quantitative estimate of drug-likeness (QED) is 0.385. The van der Waals surface area contributed by atoms with Crippen molar-refractivity contribution in [2.75, 3.05) is 6.54 Å². The van der Waals surface area contributed by atoms with Crippen molar-refractivity contribution in [2.45, 2.75) is 111 Å². The number of piperidine rings is 1. The van der Waals surface area contributed by atoms with E-state index in [-0.39, 0.29) is 41.4 Å². The monoisotopic (exact) mass is 535 g/mol. The highest BCUT2D eigenvalue weighted by Crippen LogP contribution is 2.65. The molecule has 0 radical (unpaired) electrons. The molecule has 3 rings (SSSR count). The second kappa shape index (κ2) is 11.2. The summed E-state index contributed by atoms with van der Waals surface area (Å²) in [7, 11) is 0. The van der Waals surface area contributed by atoms with Crippen LogP contribution in [-0.4, -0.2) is 69.9 Å². The number of hydrogen-bond donors (Lipinski definition) is 3. The molecule has 214 valence electrons. The number of Topliss-reactive ketones (excluding diaryl/α,β-unsaturated/α-hetero) is 1. The summed E-state index contributed by atoms with van der Waals surface area (Å²) in [5.41, 5.74) is -0.893. The summed E-state index contributed by atoms with van der Waals surface area (Å²) >= 11 is 0. The maximum absolute atomic E-state index is 14.1. The van der Waals surface area contributed by atoms with E-state index in [0.717, 1.165) is 32.1 Å². The van der Waals surface area contributed by atoms with Crippen LogP contribution in [0, 0.1) is 29.1 Å². The van der Waals surface area contributed by atoms with Crippen LogP contribution in [0.5, 0.6) is 0 Å². The molecule has 3 N–H and O–H groups in total. The number of aliphatic carboxylic acids is 1. The van der Waals surface area contributed by atoms with Gasteiger partial charge in [0, 0.05) is 6.54 Å². The lowest BCUT2D eigenvalue weighted by atomic mass is 9.83. The highest BCUT2D eigenvalue weighted by molar-refractivity contribution is 6.35. The van der Waals surface area contributed by atoms with Crippen LogP contribution in [0.3, 0.4) is 0 Å².